The van der Waals surface area contributed by atoms with Crippen LogP contribution in [0.1, 0.15) is 11.1 Å². The number of halogens is 1. The summed E-state index contributed by atoms with van der Waals surface area (Å²) in [6.45, 7) is 2.76. The molecule has 0 aliphatic heterocycles. The first kappa shape index (κ1) is 12.9. The van der Waals surface area contributed by atoms with Crippen LogP contribution in [0.5, 0.6) is 0 Å². The third-order valence-corrected chi connectivity index (χ3v) is 3.61. The molecule has 0 atom stereocenters. The van der Waals surface area contributed by atoms with Gasteiger partial charge in [-0.25, -0.2) is 0 Å². The maximum absolute atomic E-state index is 6.19. The van der Waals surface area contributed by atoms with Crippen molar-refractivity contribution in [2.75, 3.05) is 0 Å². The van der Waals surface area contributed by atoms with Crippen molar-refractivity contribution in [2.24, 2.45) is 0 Å². The fourth-order valence-electron chi connectivity index (χ4n) is 2.18. The second kappa shape index (κ2) is 5.47. The Balaban J connectivity index is 2.03. The Kier molecular flexibility index (Phi) is 3.52. The molecule has 20 heavy (non-hydrogen) atoms. The summed E-state index contributed by atoms with van der Waals surface area (Å²) in [5.74, 6) is 0.791. The van der Waals surface area contributed by atoms with Gasteiger partial charge in [0.1, 0.15) is 0 Å². The van der Waals surface area contributed by atoms with Gasteiger partial charge in [-0.3, -0.25) is 4.57 Å². The van der Waals surface area contributed by atoms with E-state index in [9.17, 15) is 0 Å². The number of nitrogens with zero attached hydrogens (tertiary/aromatic N) is 3. The maximum Gasteiger partial charge on any atom is 0.225 e. The van der Waals surface area contributed by atoms with Gasteiger partial charge in [0.2, 0.25) is 5.28 Å². The van der Waals surface area contributed by atoms with E-state index in [0.717, 1.165) is 11.4 Å². The minimum absolute atomic E-state index is 0.409. The third kappa shape index (κ3) is 2.45. The quantitative estimate of drug-likeness (QED) is 0.728. The molecule has 0 saturated carbocycles. The van der Waals surface area contributed by atoms with Gasteiger partial charge >= 0.3 is 0 Å². The largest absolute Gasteiger partial charge is 0.293 e. The molecule has 3 rings (SSSR count). The molecule has 0 fully saturated rings. The zero-order valence-electron chi connectivity index (χ0n) is 11.1. The standard InChI is InChI=1S/C16H14ClN3/c1-12-7-5-6-10-14(12)11-20-15(18-19-16(20)17)13-8-3-2-4-9-13/h2-10H,11H2,1H3. The Morgan fingerprint density at radius 1 is 0.950 bits per heavy atom. The average molecular weight is 284 g/mol. The van der Waals surface area contributed by atoms with E-state index in [1.807, 2.05) is 47.0 Å². The van der Waals surface area contributed by atoms with Crippen molar-refractivity contribution >= 4 is 11.6 Å². The molecule has 0 saturated heterocycles. The number of hydrogen-bond donors (Lipinski definition) is 0. The lowest BCUT2D eigenvalue weighted by Crippen LogP contribution is -2.04. The van der Waals surface area contributed by atoms with Crippen LogP contribution in [0.4, 0.5) is 0 Å². The van der Waals surface area contributed by atoms with E-state index >= 15 is 0 Å². The van der Waals surface area contributed by atoms with Crippen LogP contribution in [0.2, 0.25) is 5.28 Å². The summed E-state index contributed by atoms with van der Waals surface area (Å²) in [4.78, 5) is 0. The number of aromatic nitrogens is 3. The highest BCUT2D eigenvalue weighted by Crippen LogP contribution is 2.22. The zero-order valence-corrected chi connectivity index (χ0v) is 11.9. The third-order valence-electron chi connectivity index (χ3n) is 3.33. The molecule has 0 bridgehead atoms. The molecule has 3 nitrogen and oxygen atoms in total. The molecule has 1 aromatic heterocycles. The second-order valence-corrected chi connectivity index (χ2v) is 5.01. The van der Waals surface area contributed by atoms with Crippen LogP contribution in [0.25, 0.3) is 11.4 Å². The first-order chi connectivity index (χ1) is 9.75. The predicted molar refractivity (Wildman–Crippen MR) is 80.7 cm³/mol. The molecule has 0 N–H and O–H groups in total. The highest BCUT2D eigenvalue weighted by Gasteiger charge is 2.13. The fourth-order valence-corrected chi connectivity index (χ4v) is 2.36. The van der Waals surface area contributed by atoms with Gasteiger partial charge in [-0.2, -0.15) is 0 Å². The molecule has 100 valence electrons. The van der Waals surface area contributed by atoms with Crippen LogP contribution in [0.3, 0.4) is 0 Å². The molecule has 0 aliphatic rings. The van der Waals surface area contributed by atoms with Crippen molar-refractivity contribution in [1.29, 1.82) is 0 Å². The molecule has 2 aromatic carbocycles. The molecule has 3 aromatic rings. The molecule has 0 spiro atoms. The Bertz CT molecular complexity index is 720. The van der Waals surface area contributed by atoms with E-state index < -0.39 is 0 Å². The Hall–Kier alpha value is -2.13. The topological polar surface area (TPSA) is 30.7 Å². The smallest absolute Gasteiger partial charge is 0.225 e. The van der Waals surface area contributed by atoms with Crippen molar-refractivity contribution in [3.63, 3.8) is 0 Å². The summed E-state index contributed by atoms with van der Waals surface area (Å²) in [6, 6.07) is 18.2. The van der Waals surface area contributed by atoms with Crippen molar-refractivity contribution in [3.8, 4) is 11.4 Å². The van der Waals surface area contributed by atoms with Gasteiger partial charge in [-0.05, 0) is 29.7 Å². The van der Waals surface area contributed by atoms with Gasteiger partial charge in [0.25, 0.3) is 0 Å². The van der Waals surface area contributed by atoms with Crippen LogP contribution >= 0.6 is 11.6 Å². The maximum atomic E-state index is 6.19. The molecule has 0 amide bonds. The molecule has 1 heterocycles. The van der Waals surface area contributed by atoms with Gasteiger partial charge in [-0.1, -0.05) is 54.6 Å². The zero-order chi connectivity index (χ0) is 13.9. The summed E-state index contributed by atoms with van der Waals surface area (Å²) in [5.41, 5.74) is 3.46. The molecule has 0 unspecified atom stereocenters. The summed E-state index contributed by atoms with van der Waals surface area (Å²) in [5, 5.41) is 8.60. The SMILES string of the molecule is Cc1ccccc1Cn1c(Cl)nnc1-c1ccccc1. The first-order valence-corrected chi connectivity index (χ1v) is 6.82. The normalized spacial score (nSPS) is 10.7. The van der Waals surface area contributed by atoms with E-state index in [-0.39, 0.29) is 0 Å². The fraction of sp³-hybridized carbons (Fsp3) is 0.125. The lowest BCUT2D eigenvalue weighted by atomic mass is 10.1. The van der Waals surface area contributed by atoms with Gasteiger partial charge in [0.05, 0.1) is 6.54 Å². The molecule has 0 aliphatic carbocycles. The lowest BCUT2D eigenvalue weighted by Gasteiger charge is -2.10. The van der Waals surface area contributed by atoms with Crippen LogP contribution in [0, 0.1) is 6.92 Å². The summed E-state index contributed by atoms with van der Waals surface area (Å²) >= 11 is 6.19. The van der Waals surface area contributed by atoms with Crippen molar-refractivity contribution < 1.29 is 0 Å². The minimum Gasteiger partial charge on any atom is -0.293 e. The number of benzene rings is 2. The lowest BCUT2D eigenvalue weighted by molar-refractivity contribution is 0.798. The van der Waals surface area contributed by atoms with E-state index in [1.165, 1.54) is 11.1 Å². The van der Waals surface area contributed by atoms with E-state index in [0.29, 0.717) is 11.8 Å². The summed E-state index contributed by atoms with van der Waals surface area (Å²) in [7, 11) is 0. The highest BCUT2D eigenvalue weighted by molar-refractivity contribution is 6.28. The van der Waals surface area contributed by atoms with Gasteiger partial charge in [-0.15, -0.1) is 10.2 Å². The van der Waals surface area contributed by atoms with Gasteiger partial charge in [0.15, 0.2) is 5.82 Å². The minimum atomic E-state index is 0.409. The molecule has 4 heteroatoms. The first-order valence-electron chi connectivity index (χ1n) is 6.44. The van der Waals surface area contributed by atoms with E-state index in [2.05, 4.69) is 29.3 Å². The Morgan fingerprint density at radius 3 is 2.40 bits per heavy atom. The van der Waals surface area contributed by atoms with Gasteiger partial charge < -0.3 is 0 Å². The van der Waals surface area contributed by atoms with Crippen LogP contribution < -0.4 is 0 Å². The summed E-state index contributed by atoms with van der Waals surface area (Å²) in [6.07, 6.45) is 0. The van der Waals surface area contributed by atoms with Crippen molar-refractivity contribution in [3.05, 3.63) is 71.0 Å². The molecular formula is C16H14ClN3. The predicted octanol–water partition coefficient (Wildman–Crippen LogP) is 3.96. The number of hydrogen-bond acceptors (Lipinski definition) is 2. The van der Waals surface area contributed by atoms with Crippen LogP contribution in [0.15, 0.2) is 54.6 Å². The van der Waals surface area contributed by atoms with Gasteiger partial charge in [0, 0.05) is 5.56 Å². The second-order valence-electron chi connectivity index (χ2n) is 4.67. The molecular weight excluding hydrogens is 270 g/mol. The van der Waals surface area contributed by atoms with E-state index in [1.54, 1.807) is 0 Å². The van der Waals surface area contributed by atoms with Crippen LogP contribution in [-0.2, 0) is 6.54 Å². The Morgan fingerprint density at radius 2 is 1.65 bits per heavy atom. The molecule has 0 radical (unpaired) electrons. The van der Waals surface area contributed by atoms with Crippen molar-refractivity contribution in [1.82, 2.24) is 14.8 Å². The van der Waals surface area contributed by atoms with Crippen LogP contribution in [-0.4, -0.2) is 14.8 Å². The summed E-state index contributed by atoms with van der Waals surface area (Å²) < 4.78 is 1.93. The number of rotatable bonds is 3. The average Bonchev–Trinajstić information content (AvgIpc) is 2.84. The highest BCUT2D eigenvalue weighted by atomic mass is 35.5. The monoisotopic (exact) mass is 283 g/mol. The Labute approximate surface area is 122 Å². The number of aryl methyl sites for hydroxylation is 1. The van der Waals surface area contributed by atoms with E-state index in [4.69, 9.17) is 11.6 Å². The van der Waals surface area contributed by atoms with Crippen molar-refractivity contribution in [2.45, 2.75) is 13.5 Å².